The number of amides is 1. The van der Waals surface area contributed by atoms with Crippen LogP contribution < -0.4 is 10.6 Å². The SMILES string of the molecule is O=C1CN=C(c2ccccc2Cl)c2c(sc3c2CCNC3)N1. The van der Waals surface area contributed by atoms with Crippen molar-refractivity contribution in [3.8, 4) is 0 Å². The molecule has 6 heteroatoms. The van der Waals surface area contributed by atoms with Gasteiger partial charge in [-0.1, -0.05) is 29.8 Å². The van der Waals surface area contributed by atoms with Crippen molar-refractivity contribution in [3.63, 3.8) is 0 Å². The molecule has 0 fully saturated rings. The number of nitrogens with one attached hydrogen (secondary N) is 2. The van der Waals surface area contributed by atoms with Crippen molar-refractivity contribution in [1.29, 1.82) is 0 Å². The number of fused-ring (bicyclic) bond motifs is 3. The van der Waals surface area contributed by atoms with Crippen LogP contribution >= 0.6 is 22.9 Å². The molecule has 0 atom stereocenters. The van der Waals surface area contributed by atoms with Gasteiger partial charge < -0.3 is 10.6 Å². The molecule has 0 saturated carbocycles. The van der Waals surface area contributed by atoms with Crippen molar-refractivity contribution >= 4 is 39.6 Å². The highest BCUT2D eigenvalue weighted by molar-refractivity contribution is 7.17. The standard InChI is InChI=1S/C16H14ClN3OS/c17-11-4-2-1-3-9(11)15-14-10-5-6-18-7-12(10)22-16(14)20-13(21)8-19-15/h1-4,18H,5-8H2,(H,20,21). The van der Waals surface area contributed by atoms with Crippen LogP contribution in [-0.2, 0) is 17.8 Å². The van der Waals surface area contributed by atoms with E-state index in [1.165, 1.54) is 10.4 Å². The maximum atomic E-state index is 12.0. The Morgan fingerprint density at radius 1 is 1.27 bits per heavy atom. The number of carbonyl (C=O) groups is 1. The molecule has 4 nitrogen and oxygen atoms in total. The van der Waals surface area contributed by atoms with Crippen molar-refractivity contribution in [2.45, 2.75) is 13.0 Å². The lowest BCUT2D eigenvalue weighted by atomic mass is 9.96. The molecule has 1 aromatic carbocycles. The van der Waals surface area contributed by atoms with Gasteiger partial charge >= 0.3 is 0 Å². The Morgan fingerprint density at radius 2 is 2.14 bits per heavy atom. The van der Waals surface area contributed by atoms with E-state index >= 15 is 0 Å². The van der Waals surface area contributed by atoms with Crippen LogP contribution in [0.3, 0.4) is 0 Å². The normalized spacial score (nSPS) is 17.1. The van der Waals surface area contributed by atoms with Crippen LogP contribution in [0, 0.1) is 0 Å². The summed E-state index contributed by atoms with van der Waals surface area (Å²) in [6.07, 6.45) is 0.945. The first kappa shape index (κ1) is 13.9. The lowest BCUT2D eigenvalue weighted by molar-refractivity contribution is -0.114. The summed E-state index contributed by atoms with van der Waals surface area (Å²) in [6, 6.07) is 7.68. The highest BCUT2D eigenvalue weighted by atomic mass is 35.5. The van der Waals surface area contributed by atoms with Crippen molar-refractivity contribution in [2.24, 2.45) is 4.99 Å². The van der Waals surface area contributed by atoms with E-state index in [2.05, 4.69) is 15.6 Å². The molecule has 0 aliphatic carbocycles. The van der Waals surface area contributed by atoms with Crippen molar-refractivity contribution in [3.05, 3.63) is 50.9 Å². The van der Waals surface area contributed by atoms with Gasteiger partial charge in [-0.2, -0.15) is 0 Å². The Kier molecular flexibility index (Phi) is 3.48. The first-order chi connectivity index (χ1) is 10.7. The molecule has 2 aliphatic heterocycles. The molecule has 1 aromatic heterocycles. The van der Waals surface area contributed by atoms with E-state index in [0.29, 0.717) is 5.02 Å². The summed E-state index contributed by atoms with van der Waals surface area (Å²) in [7, 11) is 0. The predicted octanol–water partition coefficient (Wildman–Crippen LogP) is 2.84. The minimum Gasteiger partial charge on any atom is -0.316 e. The van der Waals surface area contributed by atoms with Gasteiger partial charge in [0.05, 0.1) is 5.71 Å². The van der Waals surface area contributed by atoms with Gasteiger partial charge in [0, 0.05) is 27.6 Å². The van der Waals surface area contributed by atoms with Crippen molar-refractivity contribution in [1.82, 2.24) is 5.32 Å². The average Bonchev–Trinajstić information content (AvgIpc) is 2.79. The van der Waals surface area contributed by atoms with E-state index in [-0.39, 0.29) is 12.5 Å². The van der Waals surface area contributed by atoms with Gasteiger partial charge in [-0.25, -0.2) is 0 Å². The van der Waals surface area contributed by atoms with Gasteiger partial charge in [-0.3, -0.25) is 9.79 Å². The molecule has 0 spiro atoms. The van der Waals surface area contributed by atoms with Crippen LogP contribution in [0.25, 0.3) is 0 Å². The van der Waals surface area contributed by atoms with E-state index in [9.17, 15) is 4.79 Å². The molecular weight excluding hydrogens is 318 g/mol. The van der Waals surface area contributed by atoms with Crippen LogP contribution in [-0.4, -0.2) is 24.7 Å². The van der Waals surface area contributed by atoms with E-state index < -0.39 is 0 Å². The third-order valence-corrected chi connectivity index (χ3v) is 5.40. The fraction of sp³-hybridized carbons (Fsp3) is 0.250. The largest absolute Gasteiger partial charge is 0.316 e. The number of benzene rings is 1. The molecule has 2 aromatic rings. The number of carbonyl (C=O) groups excluding carboxylic acids is 1. The number of hydrogen-bond acceptors (Lipinski definition) is 4. The van der Waals surface area contributed by atoms with Gasteiger partial charge in [0.2, 0.25) is 5.91 Å². The summed E-state index contributed by atoms with van der Waals surface area (Å²) in [6.45, 7) is 1.92. The predicted molar refractivity (Wildman–Crippen MR) is 90.3 cm³/mol. The molecule has 112 valence electrons. The van der Waals surface area contributed by atoms with E-state index in [1.807, 2.05) is 24.3 Å². The van der Waals surface area contributed by atoms with Crippen LogP contribution in [0.2, 0.25) is 5.02 Å². The molecule has 2 N–H and O–H groups in total. The topological polar surface area (TPSA) is 53.5 Å². The second-order valence-corrected chi connectivity index (χ2v) is 6.84. The maximum Gasteiger partial charge on any atom is 0.246 e. The van der Waals surface area contributed by atoms with E-state index in [1.54, 1.807) is 11.3 Å². The fourth-order valence-electron chi connectivity index (χ4n) is 2.94. The molecule has 0 radical (unpaired) electrons. The Labute approximate surface area is 137 Å². The molecule has 1 amide bonds. The third-order valence-electron chi connectivity index (χ3n) is 3.93. The minimum absolute atomic E-state index is 0.0742. The lowest BCUT2D eigenvalue weighted by Gasteiger charge is -2.15. The van der Waals surface area contributed by atoms with Gasteiger partial charge in [0.15, 0.2) is 0 Å². The summed E-state index contributed by atoms with van der Waals surface area (Å²) in [5.41, 5.74) is 4.07. The summed E-state index contributed by atoms with van der Waals surface area (Å²) >= 11 is 8.01. The minimum atomic E-state index is -0.0742. The molecule has 2 aliphatic rings. The Morgan fingerprint density at radius 3 is 3.00 bits per heavy atom. The van der Waals surface area contributed by atoms with Crippen LogP contribution in [0.4, 0.5) is 5.00 Å². The first-order valence-corrected chi connectivity index (χ1v) is 8.38. The molecule has 0 unspecified atom stereocenters. The van der Waals surface area contributed by atoms with Gasteiger partial charge in [0.25, 0.3) is 0 Å². The molecule has 3 heterocycles. The zero-order chi connectivity index (χ0) is 15.1. The number of thiophene rings is 1. The Balaban J connectivity index is 1.95. The smallest absolute Gasteiger partial charge is 0.246 e. The second-order valence-electron chi connectivity index (χ2n) is 5.33. The zero-order valence-corrected chi connectivity index (χ0v) is 13.4. The van der Waals surface area contributed by atoms with Crippen molar-refractivity contribution in [2.75, 3.05) is 18.4 Å². The Bertz CT molecular complexity index is 797. The number of aliphatic imine (C=N–C) groups is 1. The van der Waals surface area contributed by atoms with Crippen LogP contribution in [0.1, 0.15) is 21.6 Å². The van der Waals surface area contributed by atoms with Crippen LogP contribution in [0.5, 0.6) is 0 Å². The highest BCUT2D eigenvalue weighted by Crippen LogP contribution is 2.38. The monoisotopic (exact) mass is 331 g/mol. The third kappa shape index (κ3) is 2.26. The number of hydrogen-bond donors (Lipinski definition) is 2. The molecule has 0 saturated heterocycles. The summed E-state index contributed by atoms with van der Waals surface area (Å²) in [4.78, 5) is 17.8. The molecule has 0 bridgehead atoms. The summed E-state index contributed by atoms with van der Waals surface area (Å²) in [5.74, 6) is -0.0742. The van der Waals surface area contributed by atoms with E-state index in [4.69, 9.17) is 11.6 Å². The maximum absolute atomic E-state index is 12.0. The molecule has 22 heavy (non-hydrogen) atoms. The molecule has 4 rings (SSSR count). The van der Waals surface area contributed by atoms with Crippen molar-refractivity contribution < 1.29 is 4.79 Å². The lowest BCUT2D eigenvalue weighted by Crippen LogP contribution is -2.23. The summed E-state index contributed by atoms with van der Waals surface area (Å²) < 4.78 is 0. The number of anilines is 1. The quantitative estimate of drug-likeness (QED) is 0.844. The number of nitrogens with zero attached hydrogens (tertiary/aromatic N) is 1. The van der Waals surface area contributed by atoms with Gasteiger partial charge in [-0.15, -0.1) is 11.3 Å². The Hall–Kier alpha value is -1.69. The summed E-state index contributed by atoms with van der Waals surface area (Å²) in [5, 5.41) is 7.93. The van der Waals surface area contributed by atoms with E-state index in [0.717, 1.165) is 41.4 Å². The second kappa shape index (κ2) is 5.50. The zero-order valence-electron chi connectivity index (χ0n) is 11.8. The number of rotatable bonds is 1. The average molecular weight is 332 g/mol. The number of halogens is 1. The molecular formula is C16H14ClN3OS. The van der Waals surface area contributed by atoms with Gasteiger partial charge in [-0.05, 0) is 24.6 Å². The van der Waals surface area contributed by atoms with Crippen LogP contribution in [0.15, 0.2) is 29.3 Å². The van der Waals surface area contributed by atoms with Gasteiger partial charge in [0.1, 0.15) is 11.5 Å². The highest BCUT2D eigenvalue weighted by Gasteiger charge is 2.28. The fourth-order valence-corrected chi connectivity index (χ4v) is 4.40. The first-order valence-electron chi connectivity index (χ1n) is 7.19.